The van der Waals surface area contributed by atoms with Gasteiger partial charge in [-0.15, -0.1) is 0 Å². The number of aryl methyl sites for hydroxylation is 1. The van der Waals surface area contributed by atoms with E-state index in [1.807, 2.05) is 61.5 Å². The molecule has 172 valence electrons. The van der Waals surface area contributed by atoms with Gasteiger partial charge in [0.25, 0.3) is 10.0 Å². The third-order valence-electron chi connectivity index (χ3n) is 6.44. The highest BCUT2D eigenvalue weighted by atomic mass is 32.2. The van der Waals surface area contributed by atoms with Gasteiger partial charge < -0.3 is 10.2 Å². The summed E-state index contributed by atoms with van der Waals surface area (Å²) < 4.78 is 29.5. The molecule has 4 aromatic carbocycles. The second kappa shape index (κ2) is 8.22. The zero-order valence-electron chi connectivity index (χ0n) is 18.9. The van der Waals surface area contributed by atoms with Crippen LogP contribution in [-0.2, 0) is 10.0 Å². The molecule has 5 nitrogen and oxygen atoms in total. The smallest absolute Gasteiger partial charge is 0.264 e. The second-order valence-electron chi connectivity index (χ2n) is 8.54. The molecule has 0 spiro atoms. The Morgan fingerprint density at radius 2 is 1.53 bits per heavy atom. The number of phenols is 2. The third kappa shape index (κ3) is 3.51. The Labute approximate surface area is 199 Å². The first-order chi connectivity index (χ1) is 16.3. The number of benzene rings is 4. The van der Waals surface area contributed by atoms with E-state index in [1.165, 1.54) is 22.5 Å². The van der Waals surface area contributed by atoms with Gasteiger partial charge in [0.05, 0.1) is 16.6 Å². The lowest BCUT2D eigenvalue weighted by molar-refractivity contribution is 0.470. The fraction of sp³-hybridized carbons (Fsp3) is 0.143. The first kappa shape index (κ1) is 22.0. The quantitative estimate of drug-likeness (QED) is 0.361. The van der Waals surface area contributed by atoms with E-state index in [2.05, 4.69) is 0 Å². The normalized spacial score (nSPS) is 15.0. The lowest BCUT2D eigenvalue weighted by Crippen LogP contribution is -2.37. The number of nitrogens with zero attached hydrogens (tertiary/aromatic N) is 1. The molecule has 1 unspecified atom stereocenters. The van der Waals surface area contributed by atoms with Crippen LogP contribution < -0.4 is 4.31 Å². The third-order valence-corrected chi connectivity index (χ3v) is 8.26. The van der Waals surface area contributed by atoms with Crippen molar-refractivity contribution in [2.75, 3.05) is 4.31 Å². The summed E-state index contributed by atoms with van der Waals surface area (Å²) in [7, 11) is -3.91. The maximum atomic E-state index is 14.0. The van der Waals surface area contributed by atoms with Crippen LogP contribution in [0.25, 0.3) is 22.3 Å². The number of aromatic hydroxyl groups is 2. The molecule has 5 rings (SSSR count). The van der Waals surface area contributed by atoms with Crippen LogP contribution in [0.2, 0.25) is 0 Å². The zero-order valence-corrected chi connectivity index (χ0v) is 19.8. The number of phenolic OH excluding ortho intramolecular Hbond substituents is 2. The molecule has 6 heteroatoms. The molecule has 0 amide bonds. The Hall–Kier alpha value is -3.77. The average molecular weight is 472 g/mol. The Kier molecular flexibility index (Phi) is 5.33. The highest BCUT2D eigenvalue weighted by molar-refractivity contribution is 7.92. The summed E-state index contributed by atoms with van der Waals surface area (Å²) in [5.74, 6) is 0.258. The monoisotopic (exact) mass is 471 g/mol. The van der Waals surface area contributed by atoms with Gasteiger partial charge in [-0.1, -0.05) is 49.4 Å². The highest BCUT2D eigenvalue weighted by Gasteiger charge is 2.38. The average Bonchev–Trinajstić information content (AvgIpc) is 2.84. The van der Waals surface area contributed by atoms with Crippen LogP contribution in [0.5, 0.6) is 11.5 Å². The molecule has 1 heterocycles. The largest absolute Gasteiger partial charge is 0.508 e. The molecule has 0 saturated carbocycles. The summed E-state index contributed by atoms with van der Waals surface area (Å²) in [6, 6.07) is 24.7. The summed E-state index contributed by atoms with van der Waals surface area (Å²) >= 11 is 0. The van der Waals surface area contributed by atoms with Crippen LogP contribution in [0.4, 0.5) is 5.69 Å². The van der Waals surface area contributed by atoms with E-state index in [0.29, 0.717) is 17.7 Å². The maximum absolute atomic E-state index is 14.0. The van der Waals surface area contributed by atoms with Crippen LogP contribution in [0.1, 0.15) is 30.5 Å². The summed E-state index contributed by atoms with van der Waals surface area (Å²) in [6.07, 6.45) is 0.604. The number of anilines is 1. The van der Waals surface area contributed by atoms with E-state index in [9.17, 15) is 18.6 Å². The van der Waals surface area contributed by atoms with Crippen molar-refractivity contribution in [1.82, 2.24) is 0 Å². The molecule has 0 radical (unpaired) electrons. The van der Waals surface area contributed by atoms with Crippen LogP contribution in [0, 0.1) is 6.92 Å². The van der Waals surface area contributed by atoms with Crippen molar-refractivity contribution in [1.29, 1.82) is 0 Å². The van der Waals surface area contributed by atoms with Crippen molar-refractivity contribution < 1.29 is 18.6 Å². The molecule has 0 fully saturated rings. The van der Waals surface area contributed by atoms with Crippen LogP contribution in [0.15, 0.2) is 89.8 Å². The minimum atomic E-state index is -3.91. The number of fused-ring (bicyclic) bond motifs is 3. The molecule has 4 aromatic rings. The molecular weight excluding hydrogens is 446 g/mol. The van der Waals surface area contributed by atoms with Crippen molar-refractivity contribution in [3.63, 3.8) is 0 Å². The van der Waals surface area contributed by atoms with E-state index in [1.54, 1.807) is 19.1 Å². The molecular formula is C28H25NO4S. The molecule has 0 aromatic heterocycles. The number of hydrogen-bond donors (Lipinski definition) is 2. The SMILES string of the molecule is CCC1c2ccccc2-c2cc(-c3ccc(O)cc3)ccc2N1S(=O)(=O)c1ccc(O)c(C)c1. The van der Waals surface area contributed by atoms with Gasteiger partial charge in [0, 0.05) is 5.56 Å². The van der Waals surface area contributed by atoms with Gasteiger partial charge >= 0.3 is 0 Å². The lowest BCUT2D eigenvalue weighted by Gasteiger charge is -2.39. The van der Waals surface area contributed by atoms with Crippen molar-refractivity contribution in [3.05, 3.63) is 96.1 Å². The standard InChI is InChI=1S/C28H25NO4S/c1-3-26-24-7-5-4-6-23(24)25-17-20(19-8-11-21(30)12-9-19)10-14-27(25)29(26)34(32,33)22-13-15-28(31)18(2)16-22/h4-17,26,30-31H,3H2,1-2H3. The number of rotatable bonds is 4. The predicted octanol–water partition coefficient (Wildman–Crippen LogP) is 6.40. The van der Waals surface area contributed by atoms with Gasteiger partial charge in [-0.25, -0.2) is 8.42 Å². The zero-order chi connectivity index (χ0) is 24.0. The van der Waals surface area contributed by atoms with E-state index in [0.717, 1.165) is 27.8 Å². The van der Waals surface area contributed by atoms with E-state index in [4.69, 9.17) is 0 Å². The van der Waals surface area contributed by atoms with Gasteiger partial charge in [0.2, 0.25) is 0 Å². The fourth-order valence-corrected chi connectivity index (χ4v) is 6.50. The summed E-state index contributed by atoms with van der Waals surface area (Å²) in [6.45, 7) is 3.68. The van der Waals surface area contributed by atoms with E-state index in [-0.39, 0.29) is 22.4 Å². The van der Waals surface area contributed by atoms with Crippen molar-refractivity contribution in [3.8, 4) is 33.8 Å². The minimum Gasteiger partial charge on any atom is -0.508 e. The molecule has 1 aliphatic rings. The van der Waals surface area contributed by atoms with E-state index < -0.39 is 10.0 Å². The van der Waals surface area contributed by atoms with Crippen LogP contribution >= 0.6 is 0 Å². The first-order valence-corrected chi connectivity index (χ1v) is 12.6. The van der Waals surface area contributed by atoms with Gasteiger partial charge in [0.15, 0.2) is 0 Å². The van der Waals surface area contributed by atoms with Gasteiger partial charge in [0.1, 0.15) is 11.5 Å². The van der Waals surface area contributed by atoms with Gasteiger partial charge in [-0.05, 0) is 83.6 Å². The molecule has 0 bridgehead atoms. The van der Waals surface area contributed by atoms with Crippen molar-refractivity contribution in [2.45, 2.75) is 31.2 Å². The predicted molar refractivity (Wildman–Crippen MR) is 135 cm³/mol. The summed E-state index contributed by atoms with van der Waals surface area (Å²) in [5.41, 5.74) is 5.80. The first-order valence-electron chi connectivity index (χ1n) is 11.2. The van der Waals surface area contributed by atoms with Gasteiger partial charge in [-0.2, -0.15) is 0 Å². The van der Waals surface area contributed by atoms with Crippen molar-refractivity contribution in [2.24, 2.45) is 0 Å². The molecule has 2 N–H and O–H groups in total. The molecule has 0 aliphatic carbocycles. The summed E-state index contributed by atoms with van der Waals surface area (Å²) in [5, 5.41) is 19.6. The number of hydrogen-bond acceptors (Lipinski definition) is 4. The Morgan fingerprint density at radius 3 is 2.24 bits per heavy atom. The van der Waals surface area contributed by atoms with E-state index >= 15 is 0 Å². The fourth-order valence-electron chi connectivity index (χ4n) is 4.69. The Balaban J connectivity index is 1.74. The van der Waals surface area contributed by atoms with Crippen LogP contribution in [0.3, 0.4) is 0 Å². The molecule has 34 heavy (non-hydrogen) atoms. The van der Waals surface area contributed by atoms with Crippen molar-refractivity contribution >= 4 is 15.7 Å². The van der Waals surface area contributed by atoms with Crippen LogP contribution in [-0.4, -0.2) is 18.6 Å². The lowest BCUT2D eigenvalue weighted by atomic mass is 9.87. The Morgan fingerprint density at radius 1 is 0.824 bits per heavy atom. The number of sulfonamides is 1. The Bertz CT molecular complexity index is 1490. The topological polar surface area (TPSA) is 77.8 Å². The minimum absolute atomic E-state index is 0.0638. The van der Waals surface area contributed by atoms with Gasteiger partial charge in [-0.3, -0.25) is 4.31 Å². The second-order valence-corrected chi connectivity index (χ2v) is 10.4. The highest BCUT2D eigenvalue weighted by Crippen LogP contribution is 2.49. The maximum Gasteiger partial charge on any atom is 0.264 e. The molecule has 1 atom stereocenters. The molecule has 1 aliphatic heterocycles. The summed E-state index contributed by atoms with van der Waals surface area (Å²) in [4.78, 5) is 0.147. The molecule has 0 saturated heterocycles.